The van der Waals surface area contributed by atoms with E-state index in [1.807, 2.05) is 26.0 Å². The van der Waals surface area contributed by atoms with Crippen LogP contribution in [0.1, 0.15) is 34.8 Å². The van der Waals surface area contributed by atoms with Crippen LogP contribution in [0.3, 0.4) is 0 Å². The Morgan fingerprint density at radius 3 is 2.39 bits per heavy atom. The van der Waals surface area contributed by atoms with Crippen molar-refractivity contribution in [2.75, 3.05) is 36.4 Å². The molecule has 1 fully saturated rings. The predicted molar refractivity (Wildman–Crippen MR) is 144 cm³/mol. The highest BCUT2D eigenvalue weighted by molar-refractivity contribution is 7.80. The third-order valence-electron chi connectivity index (χ3n) is 5.56. The van der Waals surface area contributed by atoms with Gasteiger partial charge in [0, 0.05) is 37.4 Å². The zero-order valence-corrected chi connectivity index (χ0v) is 21.6. The molecule has 1 saturated heterocycles. The Labute approximate surface area is 220 Å². The van der Waals surface area contributed by atoms with Crippen LogP contribution in [0.5, 0.6) is 5.75 Å². The predicted octanol–water partition coefficient (Wildman–Crippen LogP) is 4.81. The first-order chi connectivity index (χ1) is 17.3. The van der Waals surface area contributed by atoms with Crippen LogP contribution >= 0.6 is 23.8 Å². The number of piperazine rings is 1. The van der Waals surface area contributed by atoms with E-state index in [1.165, 1.54) is 6.26 Å². The summed E-state index contributed by atoms with van der Waals surface area (Å²) in [6, 6.07) is 15.7. The quantitative estimate of drug-likeness (QED) is 0.446. The topological polar surface area (TPSA) is 87.0 Å². The van der Waals surface area contributed by atoms with Crippen molar-refractivity contribution in [1.29, 1.82) is 0 Å². The summed E-state index contributed by atoms with van der Waals surface area (Å²) in [6.45, 7) is 6.31. The summed E-state index contributed by atoms with van der Waals surface area (Å²) in [7, 11) is 0. The van der Waals surface area contributed by atoms with Crippen LogP contribution in [-0.2, 0) is 0 Å². The molecule has 0 unspecified atom stereocenters. The molecule has 0 aliphatic carbocycles. The third-order valence-corrected chi connectivity index (χ3v) is 6.07. The van der Waals surface area contributed by atoms with Gasteiger partial charge in [0.2, 0.25) is 0 Å². The number of hydrogen-bond acceptors (Lipinski definition) is 6. The number of carbonyl (C=O) groups excluding carboxylic acids is 2. The van der Waals surface area contributed by atoms with E-state index in [-0.39, 0.29) is 23.0 Å². The van der Waals surface area contributed by atoms with Crippen molar-refractivity contribution in [3.8, 4) is 5.75 Å². The molecule has 0 bridgehead atoms. The molecule has 2 aromatic carbocycles. The Morgan fingerprint density at radius 2 is 1.78 bits per heavy atom. The second kappa shape index (κ2) is 11.5. The third kappa shape index (κ3) is 6.35. The number of halogens is 1. The lowest BCUT2D eigenvalue weighted by molar-refractivity contribution is 0.0714. The second-order valence-corrected chi connectivity index (χ2v) is 9.34. The lowest BCUT2D eigenvalue weighted by atomic mass is 10.2. The highest BCUT2D eigenvalue weighted by Gasteiger charge is 2.24. The fraction of sp³-hybridized carbons (Fsp3) is 0.269. The standard InChI is InChI=1S/C26H27ClN4O4S/c1-17(2)35-20-8-5-18(6-9-20)24(32)29-26(36)28-19-7-10-22(21(27)16-19)30-11-13-31(14-12-30)25(33)23-4-3-15-34-23/h3-10,15-17H,11-14H2,1-2H3,(H2,28,29,32,36). The molecule has 4 rings (SSSR count). The average Bonchev–Trinajstić information content (AvgIpc) is 3.39. The van der Waals surface area contributed by atoms with Crippen LogP contribution in [0, 0.1) is 0 Å². The number of amides is 2. The van der Waals surface area contributed by atoms with Crippen LogP contribution in [0.2, 0.25) is 5.02 Å². The maximum absolute atomic E-state index is 12.5. The van der Waals surface area contributed by atoms with Gasteiger partial charge in [-0.3, -0.25) is 14.9 Å². The molecule has 1 aliphatic rings. The number of anilines is 2. The summed E-state index contributed by atoms with van der Waals surface area (Å²) in [6.07, 6.45) is 1.55. The number of ether oxygens (including phenoxy) is 1. The molecule has 0 radical (unpaired) electrons. The summed E-state index contributed by atoms with van der Waals surface area (Å²) in [4.78, 5) is 28.9. The van der Waals surface area contributed by atoms with Gasteiger partial charge in [-0.15, -0.1) is 0 Å². The Hall–Kier alpha value is -3.56. The number of benzene rings is 2. The van der Waals surface area contributed by atoms with Gasteiger partial charge in [-0.2, -0.15) is 0 Å². The van der Waals surface area contributed by atoms with Gasteiger partial charge < -0.3 is 24.3 Å². The number of rotatable bonds is 6. The minimum Gasteiger partial charge on any atom is -0.491 e. The zero-order chi connectivity index (χ0) is 25.7. The summed E-state index contributed by atoms with van der Waals surface area (Å²) in [5.74, 6) is 0.605. The first-order valence-corrected chi connectivity index (χ1v) is 12.3. The summed E-state index contributed by atoms with van der Waals surface area (Å²) in [5, 5.41) is 6.37. The van der Waals surface area contributed by atoms with E-state index in [4.69, 9.17) is 33.0 Å². The number of carbonyl (C=O) groups is 2. The van der Waals surface area contributed by atoms with Crippen molar-refractivity contribution in [1.82, 2.24) is 10.2 Å². The molecule has 2 amide bonds. The Bertz CT molecular complexity index is 1220. The van der Waals surface area contributed by atoms with Crippen LogP contribution in [0.15, 0.2) is 65.3 Å². The smallest absolute Gasteiger partial charge is 0.289 e. The number of nitrogens with zero attached hydrogens (tertiary/aromatic N) is 2. The monoisotopic (exact) mass is 526 g/mol. The highest BCUT2D eigenvalue weighted by atomic mass is 35.5. The molecule has 0 saturated carbocycles. The largest absolute Gasteiger partial charge is 0.491 e. The van der Waals surface area contributed by atoms with Crippen LogP contribution in [0.4, 0.5) is 11.4 Å². The molecule has 1 aromatic heterocycles. The maximum atomic E-state index is 12.5. The van der Waals surface area contributed by atoms with E-state index in [0.29, 0.717) is 54.0 Å². The first kappa shape index (κ1) is 25.5. The van der Waals surface area contributed by atoms with E-state index in [9.17, 15) is 9.59 Å². The molecule has 0 spiro atoms. The molecule has 3 aromatic rings. The minimum absolute atomic E-state index is 0.0563. The van der Waals surface area contributed by atoms with Crippen molar-refractivity contribution in [3.05, 3.63) is 77.2 Å². The van der Waals surface area contributed by atoms with Crippen molar-refractivity contribution in [2.24, 2.45) is 0 Å². The van der Waals surface area contributed by atoms with Gasteiger partial charge in [-0.25, -0.2) is 0 Å². The lowest BCUT2D eigenvalue weighted by Crippen LogP contribution is -2.48. The summed E-state index contributed by atoms with van der Waals surface area (Å²) >= 11 is 11.9. The van der Waals surface area contributed by atoms with E-state index in [2.05, 4.69) is 15.5 Å². The van der Waals surface area contributed by atoms with E-state index < -0.39 is 0 Å². The molecule has 1 aliphatic heterocycles. The fourth-order valence-electron chi connectivity index (χ4n) is 3.84. The molecule has 10 heteroatoms. The minimum atomic E-state index is -0.326. The molecular formula is C26H27ClN4O4S. The van der Waals surface area contributed by atoms with Crippen LogP contribution in [0.25, 0.3) is 0 Å². The highest BCUT2D eigenvalue weighted by Crippen LogP contribution is 2.30. The van der Waals surface area contributed by atoms with Crippen molar-refractivity contribution in [2.45, 2.75) is 20.0 Å². The first-order valence-electron chi connectivity index (χ1n) is 11.6. The van der Waals surface area contributed by atoms with Crippen molar-refractivity contribution >= 4 is 52.1 Å². The molecular weight excluding hydrogens is 500 g/mol. The average molecular weight is 527 g/mol. The number of nitrogens with one attached hydrogen (secondary N) is 2. The van der Waals surface area contributed by atoms with Crippen LogP contribution < -0.4 is 20.3 Å². The van der Waals surface area contributed by atoms with Gasteiger partial charge in [0.05, 0.1) is 23.1 Å². The normalized spacial score (nSPS) is 13.4. The number of hydrogen-bond donors (Lipinski definition) is 2. The second-order valence-electron chi connectivity index (χ2n) is 8.52. The fourth-order valence-corrected chi connectivity index (χ4v) is 4.35. The Morgan fingerprint density at radius 1 is 1.06 bits per heavy atom. The molecule has 2 N–H and O–H groups in total. The molecule has 8 nitrogen and oxygen atoms in total. The lowest BCUT2D eigenvalue weighted by Gasteiger charge is -2.36. The Kier molecular flexibility index (Phi) is 8.12. The molecule has 2 heterocycles. The molecule has 188 valence electrons. The van der Waals surface area contributed by atoms with E-state index >= 15 is 0 Å². The van der Waals surface area contributed by atoms with Gasteiger partial charge in [0.1, 0.15) is 5.75 Å². The number of thiocarbonyl (C=S) groups is 1. The zero-order valence-electron chi connectivity index (χ0n) is 20.0. The van der Waals surface area contributed by atoms with Gasteiger partial charge in [0.15, 0.2) is 10.9 Å². The van der Waals surface area contributed by atoms with Crippen molar-refractivity contribution < 1.29 is 18.7 Å². The van der Waals surface area contributed by atoms with Gasteiger partial charge in [-0.05, 0) is 80.7 Å². The molecule has 0 atom stereocenters. The van der Waals surface area contributed by atoms with Gasteiger partial charge >= 0.3 is 0 Å². The Balaban J connectivity index is 1.30. The summed E-state index contributed by atoms with van der Waals surface area (Å²) in [5.41, 5.74) is 1.99. The molecule has 36 heavy (non-hydrogen) atoms. The number of furan rings is 1. The SMILES string of the molecule is CC(C)Oc1ccc(C(=O)NC(=S)Nc2ccc(N3CCN(C(=O)c4ccco4)CC3)c(Cl)c2)cc1. The van der Waals surface area contributed by atoms with E-state index in [0.717, 1.165) is 5.69 Å². The maximum Gasteiger partial charge on any atom is 0.289 e. The summed E-state index contributed by atoms with van der Waals surface area (Å²) < 4.78 is 10.8. The van der Waals surface area contributed by atoms with E-state index in [1.54, 1.807) is 47.4 Å². The van der Waals surface area contributed by atoms with Crippen LogP contribution in [-0.4, -0.2) is 54.1 Å². The van der Waals surface area contributed by atoms with Gasteiger partial charge in [0.25, 0.3) is 11.8 Å². The van der Waals surface area contributed by atoms with Gasteiger partial charge in [-0.1, -0.05) is 11.6 Å². The van der Waals surface area contributed by atoms with Crippen molar-refractivity contribution in [3.63, 3.8) is 0 Å².